The Hall–Kier alpha value is -2.61. The molecule has 0 unspecified atom stereocenters. The number of amides is 1. The third-order valence-electron chi connectivity index (χ3n) is 3.11. The molecule has 1 amide bonds. The normalized spacial score (nSPS) is 10.2. The number of hydrogen-bond acceptors (Lipinski definition) is 7. The number of methoxy groups -OCH3 is 2. The molecule has 0 atom stereocenters. The van der Waals surface area contributed by atoms with Crippen molar-refractivity contribution in [3.8, 4) is 11.5 Å². The largest absolute Gasteiger partial charge is 0.497 e. The van der Waals surface area contributed by atoms with Crippen LogP contribution in [-0.2, 0) is 9.53 Å². The van der Waals surface area contributed by atoms with E-state index in [1.807, 2.05) is 0 Å². The smallest absolute Gasteiger partial charge is 0.350 e. The second-order valence-electron chi connectivity index (χ2n) is 4.84. The Balaban J connectivity index is 1.96. The Morgan fingerprint density at radius 1 is 1.21 bits per heavy atom. The van der Waals surface area contributed by atoms with E-state index < -0.39 is 18.5 Å². The maximum atomic E-state index is 12.0. The van der Waals surface area contributed by atoms with E-state index in [9.17, 15) is 9.59 Å². The van der Waals surface area contributed by atoms with Crippen LogP contribution in [0, 0.1) is 13.8 Å². The lowest BCUT2D eigenvalue weighted by atomic mass is 10.2. The molecule has 1 aromatic heterocycles. The van der Waals surface area contributed by atoms with Gasteiger partial charge in [0.15, 0.2) is 6.61 Å². The summed E-state index contributed by atoms with van der Waals surface area (Å²) < 4.78 is 15.3. The number of hydrogen-bond donors (Lipinski definition) is 1. The van der Waals surface area contributed by atoms with Gasteiger partial charge >= 0.3 is 5.97 Å². The zero-order valence-electron chi connectivity index (χ0n) is 13.8. The Labute approximate surface area is 143 Å². The fourth-order valence-corrected chi connectivity index (χ4v) is 2.82. The molecule has 0 saturated carbocycles. The van der Waals surface area contributed by atoms with Gasteiger partial charge in [-0.2, -0.15) is 0 Å². The minimum Gasteiger partial charge on any atom is -0.497 e. The Morgan fingerprint density at radius 2 is 1.96 bits per heavy atom. The number of anilines is 1. The van der Waals surface area contributed by atoms with Crippen molar-refractivity contribution in [2.24, 2.45) is 0 Å². The molecule has 2 rings (SSSR count). The fraction of sp³-hybridized carbons (Fsp3) is 0.312. The van der Waals surface area contributed by atoms with E-state index in [2.05, 4.69) is 10.3 Å². The number of rotatable bonds is 6. The second-order valence-corrected chi connectivity index (χ2v) is 6.04. The number of benzene rings is 1. The van der Waals surface area contributed by atoms with Crippen molar-refractivity contribution in [1.82, 2.24) is 4.98 Å². The summed E-state index contributed by atoms with van der Waals surface area (Å²) in [5.74, 6) is 0.0240. The first-order valence-corrected chi connectivity index (χ1v) is 7.89. The summed E-state index contributed by atoms with van der Waals surface area (Å²) in [5.41, 5.74) is 1.06. The van der Waals surface area contributed by atoms with Crippen molar-refractivity contribution >= 4 is 28.9 Å². The number of aryl methyl sites for hydroxylation is 2. The summed E-state index contributed by atoms with van der Waals surface area (Å²) >= 11 is 1.24. The molecule has 1 aromatic carbocycles. The van der Waals surface area contributed by atoms with Crippen molar-refractivity contribution < 1.29 is 23.8 Å². The molecule has 24 heavy (non-hydrogen) atoms. The molecule has 7 nitrogen and oxygen atoms in total. The van der Waals surface area contributed by atoms with Crippen LogP contribution in [0.5, 0.6) is 11.5 Å². The molecule has 0 saturated heterocycles. The SMILES string of the molecule is COc1ccc(NC(=O)COC(=O)c2sc(C)nc2C)c(OC)c1. The van der Waals surface area contributed by atoms with Gasteiger partial charge in [0, 0.05) is 6.07 Å². The number of esters is 1. The minimum atomic E-state index is -0.560. The topological polar surface area (TPSA) is 86.8 Å². The van der Waals surface area contributed by atoms with Gasteiger partial charge in [-0.15, -0.1) is 11.3 Å². The summed E-state index contributed by atoms with van der Waals surface area (Å²) in [7, 11) is 3.02. The molecule has 0 radical (unpaired) electrons. The predicted octanol–water partition coefficient (Wildman–Crippen LogP) is 2.57. The zero-order chi connectivity index (χ0) is 17.7. The molecular weight excluding hydrogens is 332 g/mol. The quantitative estimate of drug-likeness (QED) is 0.806. The van der Waals surface area contributed by atoms with Crippen molar-refractivity contribution in [3.05, 3.63) is 33.8 Å². The maximum absolute atomic E-state index is 12.0. The van der Waals surface area contributed by atoms with Crippen LogP contribution >= 0.6 is 11.3 Å². The van der Waals surface area contributed by atoms with Gasteiger partial charge in [0.25, 0.3) is 5.91 Å². The summed E-state index contributed by atoms with van der Waals surface area (Å²) in [6, 6.07) is 4.98. The van der Waals surface area contributed by atoms with Crippen LogP contribution in [0.15, 0.2) is 18.2 Å². The van der Waals surface area contributed by atoms with Crippen molar-refractivity contribution in [1.29, 1.82) is 0 Å². The zero-order valence-corrected chi connectivity index (χ0v) is 14.7. The van der Waals surface area contributed by atoms with Gasteiger partial charge in [0.2, 0.25) is 0 Å². The summed E-state index contributed by atoms with van der Waals surface area (Å²) in [6.07, 6.45) is 0. The first kappa shape index (κ1) is 17.7. The number of nitrogens with one attached hydrogen (secondary N) is 1. The van der Waals surface area contributed by atoms with Crippen molar-refractivity contribution in [2.45, 2.75) is 13.8 Å². The summed E-state index contributed by atoms with van der Waals surface area (Å²) in [4.78, 5) is 28.5. The summed E-state index contributed by atoms with van der Waals surface area (Å²) in [6.45, 7) is 3.13. The lowest BCUT2D eigenvalue weighted by Crippen LogP contribution is -2.21. The van der Waals surface area contributed by atoms with Crippen LogP contribution in [0.1, 0.15) is 20.4 Å². The minimum absolute atomic E-state index is 0.398. The molecule has 128 valence electrons. The van der Waals surface area contributed by atoms with E-state index in [4.69, 9.17) is 14.2 Å². The van der Waals surface area contributed by atoms with Crippen molar-refractivity contribution in [3.63, 3.8) is 0 Å². The number of ether oxygens (including phenoxy) is 3. The third-order valence-corrected chi connectivity index (χ3v) is 4.16. The highest BCUT2D eigenvalue weighted by molar-refractivity contribution is 7.13. The second kappa shape index (κ2) is 7.78. The first-order valence-electron chi connectivity index (χ1n) is 7.07. The van der Waals surface area contributed by atoms with E-state index >= 15 is 0 Å². The van der Waals surface area contributed by atoms with Crippen LogP contribution in [-0.4, -0.2) is 37.7 Å². The maximum Gasteiger partial charge on any atom is 0.350 e. The number of carbonyl (C=O) groups is 2. The highest BCUT2D eigenvalue weighted by Crippen LogP contribution is 2.29. The van der Waals surface area contributed by atoms with Gasteiger partial charge in [0.1, 0.15) is 16.4 Å². The lowest BCUT2D eigenvalue weighted by Gasteiger charge is -2.11. The van der Waals surface area contributed by atoms with Crippen LogP contribution in [0.4, 0.5) is 5.69 Å². The number of thiazole rings is 1. The average Bonchev–Trinajstić information content (AvgIpc) is 2.91. The third kappa shape index (κ3) is 4.23. The Bertz CT molecular complexity index is 757. The van der Waals surface area contributed by atoms with E-state index in [0.29, 0.717) is 27.8 Å². The Kier molecular flexibility index (Phi) is 5.75. The number of aromatic nitrogens is 1. The highest BCUT2D eigenvalue weighted by atomic mass is 32.1. The first-order chi connectivity index (χ1) is 11.4. The van der Waals surface area contributed by atoms with Gasteiger partial charge in [-0.25, -0.2) is 9.78 Å². The monoisotopic (exact) mass is 350 g/mol. The van der Waals surface area contributed by atoms with Gasteiger partial charge in [-0.3, -0.25) is 4.79 Å². The molecule has 2 aromatic rings. The standard InChI is InChI=1S/C16H18N2O5S/c1-9-15(24-10(2)17-9)16(20)23-8-14(19)18-12-6-5-11(21-3)7-13(12)22-4/h5-7H,8H2,1-4H3,(H,18,19). The van der Waals surface area contributed by atoms with E-state index in [-0.39, 0.29) is 0 Å². The molecule has 0 bridgehead atoms. The van der Waals surface area contributed by atoms with Crippen LogP contribution in [0.25, 0.3) is 0 Å². The molecule has 0 aliphatic heterocycles. The van der Waals surface area contributed by atoms with Crippen molar-refractivity contribution in [2.75, 3.05) is 26.1 Å². The molecule has 1 N–H and O–H groups in total. The van der Waals surface area contributed by atoms with E-state index in [1.54, 1.807) is 32.0 Å². The molecule has 0 fully saturated rings. The summed E-state index contributed by atoms with van der Waals surface area (Å²) in [5, 5.41) is 3.40. The van der Waals surface area contributed by atoms with Crippen LogP contribution < -0.4 is 14.8 Å². The molecule has 0 spiro atoms. The van der Waals surface area contributed by atoms with E-state index in [0.717, 1.165) is 5.01 Å². The number of carbonyl (C=O) groups excluding carboxylic acids is 2. The lowest BCUT2D eigenvalue weighted by molar-refractivity contribution is -0.119. The fourth-order valence-electron chi connectivity index (χ4n) is 2.01. The molecule has 0 aliphatic carbocycles. The van der Waals surface area contributed by atoms with Gasteiger partial charge in [-0.1, -0.05) is 0 Å². The van der Waals surface area contributed by atoms with E-state index in [1.165, 1.54) is 25.6 Å². The molecule has 1 heterocycles. The van der Waals surface area contributed by atoms with Gasteiger partial charge in [0.05, 0.1) is 30.6 Å². The molecule has 8 heteroatoms. The average molecular weight is 350 g/mol. The van der Waals surface area contributed by atoms with Crippen LogP contribution in [0.3, 0.4) is 0 Å². The predicted molar refractivity (Wildman–Crippen MR) is 90.0 cm³/mol. The van der Waals surface area contributed by atoms with Crippen LogP contribution in [0.2, 0.25) is 0 Å². The number of nitrogens with zero attached hydrogens (tertiary/aromatic N) is 1. The molecule has 0 aliphatic rings. The Morgan fingerprint density at radius 3 is 2.54 bits per heavy atom. The van der Waals surface area contributed by atoms with Gasteiger partial charge in [-0.05, 0) is 26.0 Å². The van der Waals surface area contributed by atoms with Gasteiger partial charge < -0.3 is 19.5 Å². The highest BCUT2D eigenvalue weighted by Gasteiger charge is 2.17. The molecular formula is C16H18N2O5S.